The molecule has 1 heteroatoms. The number of rotatable bonds is 1. The van der Waals surface area contributed by atoms with Crippen molar-refractivity contribution < 1.29 is 0 Å². The van der Waals surface area contributed by atoms with Crippen molar-refractivity contribution in [1.29, 1.82) is 0 Å². The minimum absolute atomic E-state index is 0.379. The van der Waals surface area contributed by atoms with Crippen LogP contribution in [0.3, 0.4) is 0 Å². The van der Waals surface area contributed by atoms with E-state index in [4.69, 9.17) is 0 Å². The van der Waals surface area contributed by atoms with Crippen molar-refractivity contribution >= 4 is 19.7 Å². The molecule has 1 aliphatic rings. The lowest BCUT2D eigenvalue weighted by Gasteiger charge is -2.14. The van der Waals surface area contributed by atoms with Gasteiger partial charge in [0.05, 0.1) is 0 Å². The molecular formula is C16H22Si. The lowest BCUT2D eigenvalue weighted by molar-refractivity contribution is 0.864. The first-order valence-electron chi connectivity index (χ1n) is 6.43. The molecule has 2 rings (SSSR count). The van der Waals surface area contributed by atoms with Gasteiger partial charge in [0.25, 0.3) is 0 Å². The summed E-state index contributed by atoms with van der Waals surface area (Å²) < 4.78 is 0. The maximum Gasteiger partial charge on any atom is 0.0140 e. The van der Waals surface area contributed by atoms with Gasteiger partial charge in [-0.2, -0.15) is 0 Å². The third-order valence-corrected chi connectivity index (χ3v) is 5.22. The average molecular weight is 242 g/mol. The van der Waals surface area contributed by atoms with E-state index in [1.165, 1.54) is 27.8 Å². The fourth-order valence-corrected chi connectivity index (χ4v) is 4.48. The van der Waals surface area contributed by atoms with E-state index in [1.807, 2.05) is 0 Å². The Labute approximate surface area is 107 Å². The lowest BCUT2D eigenvalue weighted by Crippen LogP contribution is -2.12. The number of aryl methyl sites for hydroxylation is 1. The third kappa shape index (κ3) is 2.09. The van der Waals surface area contributed by atoms with Crippen LogP contribution in [-0.2, 0) is 0 Å². The molecule has 0 nitrogen and oxygen atoms in total. The number of benzene rings is 1. The van der Waals surface area contributed by atoms with Gasteiger partial charge in [-0.1, -0.05) is 45.2 Å². The zero-order chi connectivity index (χ0) is 12.7. The van der Waals surface area contributed by atoms with Crippen molar-refractivity contribution in [2.45, 2.75) is 46.7 Å². The van der Waals surface area contributed by atoms with E-state index < -0.39 is 0 Å². The highest BCUT2D eigenvalue weighted by molar-refractivity contribution is 6.75. The second kappa shape index (κ2) is 4.38. The van der Waals surface area contributed by atoms with Crippen LogP contribution in [0.1, 0.15) is 48.9 Å². The lowest BCUT2D eigenvalue weighted by atomic mass is 9.94. The van der Waals surface area contributed by atoms with Crippen LogP contribution in [0.5, 0.6) is 0 Å². The predicted octanol–water partition coefficient (Wildman–Crippen LogP) is 4.39. The van der Waals surface area contributed by atoms with Crippen LogP contribution in [0.4, 0.5) is 0 Å². The topological polar surface area (TPSA) is 0 Å². The largest absolute Gasteiger partial charge is 0.0587 e. The Hall–Kier alpha value is -0.953. The van der Waals surface area contributed by atoms with Crippen LogP contribution in [-0.4, -0.2) is 13.6 Å². The highest BCUT2D eigenvalue weighted by Crippen LogP contribution is 2.31. The van der Waals surface area contributed by atoms with E-state index in [-0.39, 0.29) is 8.41 Å². The maximum absolute atomic E-state index is 2.39. The molecule has 17 heavy (non-hydrogen) atoms. The second-order valence-corrected chi connectivity index (χ2v) is 8.16. The first-order valence-corrected chi connectivity index (χ1v) is 8.93. The highest BCUT2D eigenvalue weighted by atomic mass is 28.2. The van der Waals surface area contributed by atoms with Crippen molar-refractivity contribution in [2.24, 2.45) is 0 Å². The molecule has 1 aromatic rings. The summed E-state index contributed by atoms with van der Waals surface area (Å²) in [5.74, 6) is 0.616. The molecule has 0 amide bonds. The fraction of sp³-hybridized carbons (Fsp3) is 0.438. The quantitative estimate of drug-likeness (QED) is 0.641. The summed E-state index contributed by atoms with van der Waals surface area (Å²) in [5, 5.41) is 1.64. The summed E-state index contributed by atoms with van der Waals surface area (Å²) in [5.41, 5.74) is 7.40. The molecule has 0 fully saturated rings. The van der Waals surface area contributed by atoms with Gasteiger partial charge in [0.2, 0.25) is 0 Å². The zero-order valence-electron chi connectivity index (χ0n) is 11.8. The van der Waals surface area contributed by atoms with E-state index in [0.29, 0.717) is 5.92 Å². The standard InChI is InChI=1S/C16H22Si/c1-10(2)13-7-11(3)15-14(9-13)8-12(4)16(15)17(5)6/h7-10H,1-6H3. The van der Waals surface area contributed by atoms with Gasteiger partial charge < -0.3 is 0 Å². The number of hydrogen-bond acceptors (Lipinski definition) is 0. The summed E-state index contributed by atoms with van der Waals surface area (Å²) in [6.45, 7) is 13.9. The highest BCUT2D eigenvalue weighted by Gasteiger charge is 2.20. The van der Waals surface area contributed by atoms with Crippen molar-refractivity contribution in [1.82, 2.24) is 0 Å². The van der Waals surface area contributed by atoms with E-state index in [2.05, 4.69) is 59.0 Å². The van der Waals surface area contributed by atoms with Crippen molar-refractivity contribution in [3.63, 3.8) is 0 Å². The van der Waals surface area contributed by atoms with Crippen LogP contribution >= 0.6 is 0 Å². The Morgan fingerprint density at radius 2 is 1.71 bits per heavy atom. The summed E-state index contributed by atoms with van der Waals surface area (Å²) in [6, 6.07) is 4.76. The van der Waals surface area contributed by atoms with Gasteiger partial charge in [-0.25, -0.2) is 0 Å². The molecule has 0 spiro atoms. The summed E-state index contributed by atoms with van der Waals surface area (Å²) in [6.07, 6.45) is 2.38. The van der Waals surface area contributed by atoms with Crippen LogP contribution in [0.15, 0.2) is 17.7 Å². The Kier molecular flexibility index (Phi) is 3.22. The first kappa shape index (κ1) is 12.5. The molecule has 1 aromatic carbocycles. The summed E-state index contributed by atoms with van der Waals surface area (Å²) in [7, 11) is -0.379. The van der Waals surface area contributed by atoms with Crippen LogP contribution in [0, 0.1) is 6.92 Å². The van der Waals surface area contributed by atoms with E-state index in [1.54, 1.807) is 5.17 Å². The van der Waals surface area contributed by atoms with Gasteiger partial charge in [-0.15, -0.1) is 0 Å². The fourth-order valence-electron chi connectivity index (χ4n) is 2.78. The summed E-state index contributed by atoms with van der Waals surface area (Å²) >= 11 is 0. The number of fused-ring (bicyclic) bond motifs is 1. The normalized spacial score (nSPS) is 14.1. The molecule has 0 aromatic heterocycles. The molecule has 0 bridgehead atoms. The molecule has 1 aliphatic carbocycles. The zero-order valence-corrected chi connectivity index (χ0v) is 12.8. The molecular weight excluding hydrogens is 220 g/mol. The number of hydrogen-bond donors (Lipinski definition) is 0. The third-order valence-electron chi connectivity index (χ3n) is 3.57. The summed E-state index contributed by atoms with van der Waals surface area (Å²) in [4.78, 5) is 0. The molecule has 0 atom stereocenters. The molecule has 0 N–H and O–H groups in total. The molecule has 0 saturated carbocycles. The van der Waals surface area contributed by atoms with Gasteiger partial charge in [0.1, 0.15) is 0 Å². The Balaban J connectivity index is 2.69. The minimum atomic E-state index is -0.379. The molecule has 0 unspecified atom stereocenters. The minimum Gasteiger partial charge on any atom is -0.0587 e. The molecule has 0 heterocycles. The molecule has 0 radical (unpaired) electrons. The molecule has 0 saturated heterocycles. The Morgan fingerprint density at radius 3 is 2.24 bits per heavy atom. The number of allylic oxidation sites excluding steroid dienone is 1. The second-order valence-electron chi connectivity index (χ2n) is 5.66. The Bertz CT molecular complexity index is 527. The average Bonchev–Trinajstić information content (AvgIpc) is 2.54. The Morgan fingerprint density at radius 1 is 1.06 bits per heavy atom. The van der Waals surface area contributed by atoms with E-state index >= 15 is 0 Å². The first-order chi connectivity index (χ1) is 7.91. The SMILES string of the molecule is CC1=Cc2cc(C(C)C)cc(C)c2C1=[Si](C)C. The van der Waals surface area contributed by atoms with Gasteiger partial charge >= 0.3 is 0 Å². The van der Waals surface area contributed by atoms with Gasteiger partial charge in [0.15, 0.2) is 0 Å². The monoisotopic (exact) mass is 242 g/mol. The molecule has 90 valence electrons. The maximum atomic E-state index is 2.39. The molecule has 0 aliphatic heterocycles. The van der Waals surface area contributed by atoms with Gasteiger partial charge in [-0.3, -0.25) is 0 Å². The van der Waals surface area contributed by atoms with Crippen LogP contribution in [0.2, 0.25) is 13.1 Å². The predicted molar refractivity (Wildman–Crippen MR) is 80.5 cm³/mol. The van der Waals surface area contributed by atoms with Crippen LogP contribution in [0.25, 0.3) is 6.08 Å². The van der Waals surface area contributed by atoms with E-state index in [9.17, 15) is 0 Å². The van der Waals surface area contributed by atoms with E-state index in [0.717, 1.165) is 0 Å². The van der Waals surface area contributed by atoms with Gasteiger partial charge in [-0.05, 0) is 52.8 Å². The van der Waals surface area contributed by atoms with Gasteiger partial charge in [0, 0.05) is 8.41 Å². The van der Waals surface area contributed by atoms with Crippen molar-refractivity contribution in [3.8, 4) is 0 Å². The van der Waals surface area contributed by atoms with Crippen molar-refractivity contribution in [2.75, 3.05) is 0 Å². The smallest absolute Gasteiger partial charge is 0.0140 e. The van der Waals surface area contributed by atoms with Crippen LogP contribution < -0.4 is 0 Å². The van der Waals surface area contributed by atoms with Crippen molar-refractivity contribution in [3.05, 3.63) is 40.0 Å².